The van der Waals surface area contributed by atoms with Gasteiger partial charge in [-0.3, -0.25) is 9.79 Å². The molecule has 0 aliphatic heterocycles. The molecule has 16 heavy (non-hydrogen) atoms. The molecular weight excluding hydrogens is 224 g/mol. The SMILES string of the molecule is C/N=C(\C)Cc1c(F)cc(C(C)=O)cc1P. The van der Waals surface area contributed by atoms with E-state index in [0.29, 0.717) is 22.9 Å². The average Bonchev–Trinajstić information content (AvgIpc) is 2.22. The fraction of sp³-hybridized carbons (Fsp3) is 0.333. The molecule has 0 N–H and O–H groups in total. The maximum Gasteiger partial charge on any atom is 0.159 e. The Morgan fingerprint density at radius 3 is 2.50 bits per heavy atom. The minimum Gasteiger partial charge on any atom is -0.297 e. The molecule has 0 saturated heterocycles. The highest BCUT2D eigenvalue weighted by Gasteiger charge is 2.11. The Bertz CT molecular complexity index is 431. The van der Waals surface area contributed by atoms with Gasteiger partial charge < -0.3 is 0 Å². The van der Waals surface area contributed by atoms with Crippen molar-refractivity contribution in [2.24, 2.45) is 4.99 Å². The van der Waals surface area contributed by atoms with Gasteiger partial charge in [-0.25, -0.2) is 4.39 Å². The first-order valence-corrected chi connectivity index (χ1v) is 5.54. The van der Waals surface area contributed by atoms with Gasteiger partial charge in [0.2, 0.25) is 0 Å². The predicted molar refractivity (Wildman–Crippen MR) is 68.5 cm³/mol. The zero-order valence-corrected chi connectivity index (χ0v) is 10.8. The van der Waals surface area contributed by atoms with E-state index in [4.69, 9.17) is 0 Å². The number of hydrogen-bond donors (Lipinski definition) is 0. The van der Waals surface area contributed by atoms with Gasteiger partial charge in [-0.05, 0) is 31.3 Å². The van der Waals surface area contributed by atoms with Crippen LogP contribution in [-0.4, -0.2) is 18.5 Å². The summed E-state index contributed by atoms with van der Waals surface area (Å²) in [5, 5.41) is 0.716. The lowest BCUT2D eigenvalue weighted by Gasteiger charge is -2.08. The van der Waals surface area contributed by atoms with Crippen molar-refractivity contribution in [1.29, 1.82) is 0 Å². The molecule has 1 aromatic carbocycles. The summed E-state index contributed by atoms with van der Waals surface area (Å²) in [5.41, 5.74) is 1.84. The van der Waals surface area contributed by atoms with E-state index >= 15 is 0 Å². The summed E-state index contributed by atoms with van der Waals surface area (Å²) in [6, 6.07) is 2.97. The first-order valence-electron chi connectivity index (χ1n) is 4.96. The van der Waals surface area contributed by atoms with Gasteiger partial charge in [0.25, 0.3) is 0 Å². The number of halogens is 1. The van der Waals surface area contributed by atoms with Crippen molar-refractivity contribution in [3.05, 3.63) is 29.1 Å². The van der Waals surface area contributed by atoms with Crippen LogP contribution in [0, 0.1) is 5.82 Å². The van der Waals surface area contributed by atoms with E-state index in [9.17, 15) is 9.18 Å². The molecule has 1 unspecified atom stereocenters. The zero-order chi connectivity index (χ0) is 12.3. The quantitative estimate of drug-likeness (QED) is 0.451. The normalized spacial score (nSPS) is 11.7. The third kappa shape index (κ3) is 2.96. The highest BCUT2D eigenvalue weighted by molar-refractivity contribution is 7.27. The van der Waals surface area contributed by atoms with Gasteiger partial charge in [-0.15, -0.1) is 9.24 Å². The lowest BCUT2D eigenvalue weighted by Crippen LogP contribution is -2.12. The molecular formula is C12H15FNOP. The molecule has 2 nitrogen and oxygen atoms in total. The molecule has 1 rings (SSSR count). The van der Waals surface area contributed by atoms with Crippen LogP contribution in [0.15, 0.2) is 17.1 Å². The standard InChI is InChI=1S/C12H15FNOP/c1-7(14-3)4-10-11(13)5-9(8(2)15)6-12(10)16/h5-6H,4,16H2,1-3H3/b14-7+. The third-order valence-electron chi connectivity index (χ3n) is 2.45. The van der Waals surface area contributed by atoms with Crippen molar-refractivity contribution in [2.75, 3.05) is 7.05 Å². The number of Topliss-reactive ketones (excluding diaryl/α,β-unsaturated/α-hetero) is 1. The number of nitrogens with zero attached hydrogens (tertiary/aromatic N) is 1. The van der Waals surface area contributed by atoms with Crippen molar-refractivity contribution >= 4 is 26.0 Å². The minimum atomic E-state index is -0.347. The Labute approximate surface area is 97.2 Å². The molecule has 1 atom stereocenters. The third-order valence-corrected chi connectivity index (χ3v) is 2.97. The van der Waals surface area contributed by atoms with Crippen LogP contribution in [0.25, 0.3) is 0 Å². The lowest BCUT2D eigenvalue weighted by molar-refractivity contribution is 0.101. The molecule has 0 fully saturated rings. The summed E-state index contributed by atoms with van der Waals surface area (Å²) in [4.78, 5) is 15.1. The zero-order valence-electron chi connectivity index (χ0n) is 9.67. The van der Waals surface area contributed by atoms with Crippen molar-refractivity contribution in [2.45, 2.75) is 20.3 Å². The van der Waals surface area contributed by atoms with Crippen LogP contribution in [0.3, 0.4) is 0 Å². The van der Waals surface area contributed by atoms with Gasteiger partial charge in [-0.2, -0.15) is 0 Å². The number of benzene rings is 1. The molecule has 86 valence electrons. The number of carbonyl (C=O) groups is 1. The Hall–Kier alpha value is -1.08. The van der Waals surface area contributed by atoms with Crippen LogP contribution in [0.2, 0.25) is 0 Å². The van der Waals surface area contributed by atoms with Gasteiger partial charge >= 0.3 is 0 Å². The monoisotopic (exact) mass is 239 g/mol. The maximum atomic E-state index is 13.7. The molecule has 0 aromatic heterocycles. The molecule has 0 heterocycles. The molecule has 0 amide bonds. The molecule has 0 radical (unpaired) electrons. The van der Waals surface area contributed by atoms with Crippen molar-refractivity contribution in [3.8, 4) is 0 Å². The summed E-state index contributed by atoms with van der Waals surface area (Å²) >= 11 is 0. The fourth-order valence-corrected chi connectivity index (χ4v) is 1.80. The molecule has 4 heteroatoms. The van der Waals surface area contributed by atoms with E-state index in [-0.39, 0.29) is 11.6 Å². The molecule has 0 saturated carbocycles. The van der Waals surface area contributed by atoms with Gasteiger partial charge in [0, 0.05) is 30.3 Å². The second-order valence-electron chi connectivity index (χ2n) is 3.72. The van der Waals surface area contributed by atoms with E-state index in [1.54, 1.807) is 13.1 Å². The van der Waals surface area contributed by atoms with Crippen LogP contribution < -0.4 is 5.30 Å². The van der Waals surface area contributed by atoms with E-state index in [1.807, 2.05) is 6.92 Å². The lowest BCUT2D eigenvalue weighted by atomic mass is 10.0. The largest absolute Gasteiger partial charge is 0.297 e. The second kappa shape index (κ2) is 5.31. The first-order chi connectivity index (χ1) is 7.45. The number of aliphatic imine (C=N–C) groups is 1. The maximum absolute atomic E-state index is 13.7. The Morgan fingerprint density at radius 1 is 1.44 bits per heavy atom. The highest BCUT2D eigenvalue weighted by Crippen LogP contribution is 2.13. The summed E-state index contributed by atoms with van der Waals surface area (Å²) < 4.78 is 13.7. The van der Waals surface area contributed by atoms with E-state index in [1.165, 1.54) is 13.0 Å². The smallest absolute Gasteiger partial charge is 0.159 e. The van der Waals surface area contributed by atoms with Crippen molar-refractivity contribution < 1.29 is 9.18 Å². The van der Waals surface area contributed by atoms with Crippen LogP contribution in [0.4, 0.5) is 4.39 Å². The van der Waals surface area contributed by atoms with Crippen LogP contribution in [0.1, 0.15) is 29.8 Å². The van der Waals surface area contributed by atoms with Crippen LogP contribution >= 0.6 is 9.24 Å². The summed E-state index contributed by atoms with van der Waals surface area (Å²) in [7, 11) is 4.14. The number of ketones is 1. The minimum absolute atomic E-state index is 0.130. The van der Waals surface area contributed by atoms with Crippen LogP contribution in [0.5, 0.6) is 0 Å². The van der Waals surface area contributed by atoms with Gasteiger partial charge in [0.1, 0.15) is 5.82 Å². The van der Waals surface area contributed by atoms with Gasteiger partial charge in [0.15, 0.2) is 5.78 Å². The van der Waals surface area contributed by atoms with Gasteiger partial charge in [-0.1, -0.05) is 0 Å². The molecule has 0 spiro atoms. The Kier molecular flexibility index (Phi) is 4.31. The van der Waals surface area contributed by atoms with E-state index in [0.717, 1.165) is 5.71 Å². The highest BCUT2D eigenvalue weighted by atomic mass is 31.0. The van der Waals surface area contributed by atoms with Crippen molar-refractivity contribution in [1.82, 2.24) is 0 Å². The number of hydrogen-bond acceptors (Lipinski definition) is 2. The fourth-order valence-electron chi connectivity index (χ4n) is 1.38. The van der Waals surface area contributed by atoms with Crippen LogP contribution in [-0.2, 0) is 6.42 Å². The average molecular weight is 239 g/mol. The number of rotatable bonds is 3. The Morgan fingerprint density at radius 2 is 2.06 bits per heavy atom. The summed E-state index contributed by atoms with van der Waals surface area (Å²) in [6.07, 6.45) is 0.472. The van der Waals surface area contributed by atoms with Crippen molar-refractivity contribution in [3.63, 3.8) is 0 Å². The molecule has 0 aliphatic rings. The second-order valence-corrected chi connectivity index (χ2v) is 4.34. The summed E-state index contributed by atoms with van der Waals surface area (Å²) in [6.45, 7) is 3.28. The van der Waals surface area contributed by atoms with E-state index in [2.05, 4.69) is 14.2 Å². The van der Waals surface area contributed by atoms with Gasteiger partial charge in [0.05, 0.1) is 0 Å². The molecule has 0 bridgehead atoms. The predicted octanol–water partition coefficient (Wildman–Crippen LogP) is 2.16. The van der Waals surface area contributed by atoms with E-state index < -0.39 is 0 Å². The Balaban J connectivity index is 3.17. The number of carbonyl (C=O) groups excluding carboxylic acids is 1. The topological polar surface area (TPSA) is 29.4 Å². The molecule has 1 aromatic rings. The summed E-state index contributed by atoms with van der Waals surface area (Å²) in [5.74, 6) is -0.476. The first kappa shape index (κ1) is 13.0. The molecule has 0 aliphatic carbocycles.